The van der Waals surface area contributed by atoms with Gasteiger partial charge in [0.2, 0.25) is 10.0 Å². The van der Waals surface area contributed by atoms with Gasteiger partial charge in [-0.15, -0.1) is 0 Å². The van der Waals surface area contributed by atoms with Gasteiger partial charge in [0, 0.05) is 25.7 Å². The molecular formula is C12H17FN2O2S. The minimum atomic E-state index is -3.47. The second-order valence-electron chi connectivity index (χ2n) is 4.45. The Morgan fingerprint density at radius 2 is 2.06 bits per heavy atom. The molecule has 1 aliphatic heterocycles. The van der Waals surface area contributed by atoms with Crippen LogP contribution >= 0.6 is 0 Å². The summed E-state index contributed by atoms with van der Waals surface area (Å²) in [5, 5.41) is 3.15. The zero-order valence-corrected chi connectivity index (χ0v) is 11.1. The van der Waals surface area contributed by atoms with Crippen LogP contribution in [-0.2, 0) is 16.7 Å². The molecule has 0 bridgehead atoms. The van der Waals surface area contributed by atoms with Gasteiger partial charge in [-0.3, -0.25) is 0 Å². The SMILES string of the molecule is C[C@@H]1CNCCN1S(=O)(=O)c1ccc(CF)cc1. The predicted molar refractivity (Wildman–Crippen MR) is 67.5 cm³/mol. The summed E-state index contributed by atoms with van der Waals surface area (Å²) in [5.74, 6) is 0. The number of hydrogen-bond acceptors (Lipinski definition) is 3. The first-order valence-corrected chi connectivity index (χ1v) is 7.37. The van der Waals surface area contributed by atoms with Crippen LogP contribution in [0.1, 0.15) is 12.5 Å². The minimum absolute atomic E-state index is 0.0652. The van der Waals surface area contributed by atoms with Gasteiger partial charge in [0.05, 0.1) is 4.90 Å². The number of piperazine rings is 1. The van der Waals surface area contributed by atoms with Crippen molar-refractivity contribution in [2.75, 3.05) is 19.6 Å². The van der Waals surface area contributed by atoms with Crippen molar-refractivity contribution in [2.45, 2.75) is 24.5 Å². The Morgan fingerprint density at radius 3 is 2.61 bits per heavy atom. The highest BCUT2D eigenvalue weighted by Gasteiger charge is 2.30. The second-order valence-corrected chi connectivity index (χ2v) is 6.34. The van der Waals surface area contributed by atoms with Gasteiger partial charge in [0.25, 0.3) is 0 Å². The summed E-state index contributed by atoms with van der Waals surface area (Å²) in [6, 6.07) is 5.90. The Balaban J connectivity index is 2.28. The lowest BCUT2D eigenvalue weighted by Gasteiger charge is -2.32. The molecule has 0 spiro atoms. The van der Waals surface area contributed by atoms with Gasteiger partial charge in [-0.1, -0.05) is 12.1 Å². The summed E-state index contributed by atoms with van der Waals surface area (Å²) in [4.78, 5) is 0.230. The average Bonchev–Trinajstić information content (AvgIpc) is 2.39. The molecule has 0 aliphatic carbocycles. The fraction of sp³-hybridized carbons (Fsp3) is 0.500. The quantitative estimate of drug-likeness (QED) is 0.897. The van der Waals surface area contributed by atoms with Crippen LogP contribution in [0.2, 0.25) is 0 Å². The third-order valence-electron chi connectivity index (χ3n) is 3.12. The monoisotopic (exact) mass is 272 g/mol. The summed E-state index contributed by atoms with van der Waals surface area (Å²) >= 11 is 0. The number of nitrogens with one attached hydrogen (secondary N) is 1. The molecule has 0 saturated carbocycles. The highest BCUT2D eigenvalue weighted by molar-refractivity contribution is 7.89. The van der Waals surface area contributed by atoms with E-state index < -0.39 is 16.7 Å². The Kier molecular flexibility index (Phi) is 3.99. The lowest BCUT2D eigenvalue weighted by Crippen LogP contribution is -2.52. The summed E-state index contributed by atoms with van der Waals surface area (Å²) in [5.41, 5.74) is 0.488. The highest BCUT2D eigenvalue weighted by Crippen LogP contribution is 2.19. The van der Waals surface area contributed by atoms with E-state index in [1.165, 1.54) is 28.6 Å². The molecular weight excluding hydrogens is 255 g/mol. The molecule has 0 aromatic heterocycles. The smallest absolute Gasteiger partial charge is 0.243 e. The van der Waals surface area contributed by atoms with Crippen LogP contribution in [0.4, 0.5) is 4.39 Å². The first kappa shape index (κ1) is 13.5. The van der Waals surface area contributed by atoms with Crippen molar-refractivity contribution in [3.05, 3.63) is 29.8 Å². The van der Waals surface area contributed by atoms with Gasteiger partial charge < -0.3 is 5.32 Å². The summed E-state index contributed by atoms with van der Waals surface area (Å²) in [6.07, 6.45) is 0. The Morgan fingerprint density at radius 1 is 1.39 bits per heavy atom. The van der Waals surface area contributed by atoms with E-state index >= 15 is 0 Å². The molecule has 1 N–H and O–H groups in total. The molecule has 1 fully saturated rings. The van der Waals surface area contributed by atoms with Crippen LogP contribution in [0, 0.1) is 0 Å². The molecule has 1 aromatic rings. The number of sulfonamides is 1. The van der Waals surface area contributed by atoms with Gasteiger partial charge in [-0.2, -0.15) is 4.31 Å². The van der Waals surface area contributed by atoms with Gasteiger partial charge in [-0.25, -0.2) is 12.8 Å². The Hall–Kier alpha value is -0.980. The van der Waals surface area contributed by atoms with Crippen LogP contribution < -0.4 is 5.32 Å². The third kappa shape index (κ3) is 2.55. The lowest BCUT2D eigenvalue weighted by molar-refractivity contribution is 0.284. The number of rotatable bonds is 3. The summed E-state index contributed by atoms with van der Waals surface area (Å²) in [6.45, 7) is 3.08. The number of alkyl halides is 1. The zero-order chi connectivity index (χ0) is 13.2. The van der Waals surface area contributed by atoms with E-state index in [0.29, 0.717) is 25.2 Å². The van der Waals surface area contributed by atoms with E-state index in [0.717, 1.165) is 0 Å². The van der Waals surface area contributed by atoms with Crippen molar-refractivity contribution in [3.63, 3.8) is 0 Å². The van der Waals surface area contributed by atoms with Crippen molar-refractivity contribution < 1.29 is 12.8 Å². The lowest BCUT2D eigenvalue weighted by atomic mass is 10.2. The molecule has 6 heteroatoms. The zero-order valence-electron chi connectivity index (χ0n) is 10.3. The predicted octanol–water partition coefficient (Wildman–Crippen LogP) is 1.14. The normalized spacial score (nSPS) is 22.0. The molecule has 18 heavy (non-hydrogen) atoms. The van der Waals surface area contributed by atoms with Crippen LogP contribution in [0.5, 0.6) is 0 Å². The van der Waals surface area contributed by atoms with E-state index in [1.807, 2.05) is 6.92 Å². The van der Waals surface area contributed by atoms with E-state index in [1.54, 1.807) is 0 Å². The van der Waals surface area contributed by atoms with Crippen LogP contribution in [0.15, 0.2) is 29.2 Å². The fourth-order valence-corrected chi connectivity index (χ4v) is 3.70. The van der Waals surface area contributed by atoms with Gasteiger partial charge >= 0.3 is 0 Å². The topological polar surface area (TPSA) is 49.4 Å². The average molecular weight is 272 g/mol. The van der Waals surface area contributed by atoms with E-state index in [2.05, 4.69) is 5.32 Å². The van der Waals surface area contributed by atoms with Crippen LogP contribution in [-0.4, -0.2) is 38.4 Å². The maximum atomic E-state index is 12.4. The molecule has 0 radical (unpaired) electrons. The van der Waals surface area contributed by atoms with Crippen molar-refractivity contribution in [1.29, 1.82) is 0 Å². The van der Waals surface area contributed by atoms with Gasteiger partial charge in [0.15, 0.2) is 0 Å². The molecule has 1 saturated heterocycles. The van der Waals surface area contributed by atoms with Crippen LogP contribution in [0.3, 0.4) is 0 Å². The van der Waals surface area contributed by atoms with Crippen LogP contribution in [0.25, 0.3) is 0 Å². The largest absolute Gasteiger partial charge is 0.314 e. The number of benzene rings is 1. The van der Waals surface area contributed by atoms with Gasteiger partial charge in [0.1, 0.15) is 6.67 Å². The number of hydrogen-bond donors (Lipinski definition) is 1. The molecule has 0 unspecified atom stereocenters. The van der Waals surface area contributed by atoms with E-state index in [9.17, 15) is 12.8 Å². The van der Waals surface area contributed by atoms with Crippen molar-refractivity contribution >= 4 is 10.0 Å². The second kappa shape index (κ2) is 5.34. The first-order chi connectivity index (χ1) is 8.55. The van der Waals surface area contributed by atoms with Gasteiger partial charge in [-0.05, 0) is 24.6 Å². The van der Waals surface area contributed by atoms with Crippen molar-refractivity contribution in [3.8, 4) is 0 Å². The maximum Gasteiger partial charge on any atom is 0.243 e. The standard InChI is InChI=1S/C12H17FN2O2S/c1-10-9-14-6-7-15(10)18(16,17)12-4-2-11(8-13)3-5-12/h2-5,10,14H,6-9H2,1H3/t10-/m1/s1. The van der Waals surface area contributed by atoms with Crippen molar-refractivity contribution in [2.24, 2.45) is 0 Å². The molecule has 1 aromatic carbocycles. The Labute approximate surface area is 107 Å². The Bertz CT molecular complexity index is 501. The molecule has 4 nitrogen and oxygen atoms in total. The first-order valence-electron chi connectivity index (χ1n) is 5.93. The highest BCUT2D eigenvalue weighted by atomic mass is 32.2. The number of nitrogens with zero attached hydrogens (tertiary/aromatic N) is 1. The molecule has 1 aliphatic rings. The summed E-state index contributed by atoms with van der Waals surface area (Å²) in [7, 11) is -3.47. The minimum Gasteiger partial charge on any atom is -0.314 e. The molecule has 1 heterocycles. The van der Waals surface area contributed by atoms with Crippen molar-refractivity contribution in [1.82, 2.24) is 9.62 Å². The molecule has 1 atom stereocenters. The number of halogens is 1. The molecule has 100 valence electrons. The molecule has 2 rings (SSSR count). The van der Waals surface area contributed by atoms with E-state index in [4.69, 9.17) is 0 Å². The van der Waals surface area contributed by atoms with E-state index in [-0.39, 0.29) is 10.9 Å². The summed E-state index contributed by atoms with van der Waals surface area (Å²) < 4.78 is 38.7. The molecule has 0 amide bonds. The maximum absolute atomic E-state index is 12.4. The fourth-order valence-electron chi connectivity index (χ4n) is 2.07. The third-order valence-corrected chi connectivity index (χ3v) is 5.15.